The normalized spacial score (nSPS) is 18.4. The maximum absolute atomic E-state index is 7.39. The summed E-state index contributed by atoms with van der Waals surface area (Å²) in [6, 6.07) is 0. The van der Waals surface area contributed by atoms with Crippen molar-refractivity contribution in [1.29, 1.82) is 5.41 Å². The topological polar surface area (TPSA) is 27.1 Å². The minimum atomic E-state index is 0.774. The highest BCUT2D eigenvalue weighted by Gasteiger charge is 2.13. The Bertz CT molecular complexity index is 263. The molecule has 14 heavy (non-hydrogen) atoms. The van der Waals surface area contributed by atoms with Gasteiger partial charge in [0.05, 0.1) is 0 Å². The Labute approximate surface area is 86.8 Å². The van der Waals surface area contributed by atoms with Gasteiger partial charge in [0.25, 0.3) is 0 Å². The van der Waals surface area contributed by atoms with Crippen LogP contribution in [0, 0.1) is 5.41 Å². The zero-order chi connectivity index (χ0) is 10.6. The van der Waals surface area contributed by atoms with Crippen molar-refractivity contribution < 1.29 is 0 Å². The molecule has 2 nitrogen and oxygen atoms in total. The van der Waals surface area contributed by atoms with Crippen LogP contribution in [-0.2, 0) is 0 Å². The molecule has 1 heterocycles. The third-order valence-electron chi connectivity index (χ3n) is 2.79. The second-order valence-electron chi connectivity index (χ2n) is 4.07. The maximum atomic E-state index is 7.39. The lowest BCUT2D eigenvalue weighted by Crippen LogP contribution is -2.32. The van der Waals surface area contributed by atoms with Gasteiger partial charge in [-0.1, -0.05) is 18.2 Å². The van der Waals surface area contributed by atoms with Gasteiger partial charge in [0.2, 0.25) is 0 Å². The largest absolute Gasteiger partial charge is 0.310 e. The molecule has 2 heteroatoms. The van der Waals surface area contributed by atoms with Crippen LogP contribution in [-0.4, -0.2) is 30.2 Å². The van der Waals surface area contributed by atoms with E-state index in [-0.39, 0.29) is 0 Å². The average Bonchev–Trinajstić information content (AvgIpc) is 2.16. The lowest BCUT2D eigenvalue weighted by Gasteiger charge is -2.28. The Hall–Kier alpha value is -0.890. The molecule has 1 aliphatic heterocycles. The quantitative estimate of drug-likeness (QED) is 0.681. The first-order valence-corrected chi connectivity index (χ1v) is 5.21. The van der Waals surface area contributed by atoms with Crippen LogP contribution < -0.4 is 0 Å². The zero-order valence-electron chi connectivity index (χ0n) is 9.27. The van der Waals surface area contributed by atoms with Gasteiger partial charge in [-0.15, -0.1) is 0 Å². The molecule has 0 bridgehead atoms. The SMILES string of the molecule is C=CC1=C(C)CCN(CCC(C)=N)C1. The fraction of sp³-hybridized carbons (Fsp3) is 0.583. The Morgan fingerprint density at radius 2 is 2.36 bits per heavy atom. The first kappa shape index (κ1) is 11.2. The van der Waals surface area contributed by atoms with Gasteiger partial charge in [-0.05, 0) is 32.3 Å². The van der Waals surface area contributed by atoms with E-state index in [1.165, 1.54) is 11.1 Å². The fourth-order valence-corrected chi connectivity index (χ4v) is 1.70. The second-order valence-corrected chi connectivity index (χ2v) is 4.07. The highest BCUT2D eigenvalue weighted by Crippen LogP contribution is 2.17. The molecule has 0 aromatic carbocycles. The molecule has 0 atom stereocenters. The van der Waals surface area contributed by atoms with Crippen molar-refractivity contribution in [3.63, 3.8) is 0 Å². The van der Waals surface area contributed by atoms with Crippen LogP contribution in [0.25, 0.3) is 0 Å². The van der Waals surface area contributed by atoms with Crippen LogP contribution in [0.2, 0.25) is 0 Å². The van der Waals surface area contributed by atoms with Gasteiger partial charge in [-0.25, -0.2) is 0 Å². The number of nitrogens with one attached hydrogen (secondary N) is 1. The summed E-state index contributed by atoms with van der Waals surface area (Å²) in [4.78, 5) is 2.40. The van der Waals surface area contributed by atoms with Gasteiger partial charge in [0.15, 0.2) is 0 Å². The van der Waals surface area contributed by atoms with Gasteiger partial charge in [-0.2, -0.15) is 0 Å². The van der Waals surface area contributed by atoms with Gasteiger partial charge >= 0.3 is 0 Å². The molecule has 0 fully saturated rings. The molecule has 1 N–H and O–H groups in total. The first-order valence-electron chi connectivity index (χ1n) is 5.21. The highest BCUT2D eigenvalue weighted by atomic mass is 15.1. The molecule has 0 amide bonds. The molecule has 0 unspecified atom stereocenters. The van der Waals surface area contributed by atoms with Crippen LogP contribution in [0.4, 0.5) is 0 Å². The Kier molecular flexibility index (Phi) is 4.08. The van der Waals surface area contributed by atoms with Crippen molar-refractivity contribution in [2.45, 2.75) is 26.7 Å². The fourth-order valence-electron chi connectivity index (χ4n) is 1.70. The maximum Gasteiger partial charge on any atom is 0.0233 e. The molecule has 0 aromatic rings. The van der Waals surface area contributed by atoms with E-state index in [4.69, 9.17) is 5.41 Å². The molecular formula is C12H20N2. The summed E-state index contributed by atoms with van der Waals surface area (Å²) in [7, 11) is 0. The minimum absolute atomic E-state index is 0.774. The third kappa shape index (κ3) is 3.11. The van der Waals surface area contributed by atoms with Crippen molar-refractivity contribution in [3.8, 4) is 0 Å². The van der Waals surface area contributed by atoms with Gasteiger partial charge in [-0.3, -0.25) is 4.90 Å². The minimum Gasteiger partial charge on any atom is -0.310 e. The summed E-state index contributed by atoms with van der Waals surface area (Å²) in [5.41, 5.74) is 3.62. The van der Waals surface area contributed by atoms with E-state index >= 15 is 0 Å². The van der Waals surface area contributed by atoms with E-state index in [9.17, 15) is 0 Å². The molecule has 78 valence electrons. The van der Waals surface area contributed by atoms with Gasteiger partial charge in [0, 0.05) is 25.3 Å². The lowest BCUT2D eigenvalue weighted by molar-refractivity contribution is 0.296. The van der Waals surface area contributed by atoms with Crippen molar-refractivity contribution in [2.24, 2.45) is 0 Å². The Balaban J connectivity index is 2.46. The summed E-state index contributed by atoms with van der Waals surface area (Å²) in [6.07, 6.45) is 4.01. The molecule has 0 saturated carbocycles. The number of nitrogens with zero attached hydrogens (tertiary/aromatic N) is 1. The molecule has 0 aliphatic carbocycles. The van der Waals surface area contributed by atoms with Crippen molar-refractivity contribution in [2.75, 3.05) is 19.6 Å². The molecule has 0 spiro atoms. The van der Waals surface area contributed by atoms with Gasteiger partial charge < -0.3 is 5.41 Å². The predicted octanol–water partition coefficient (Wildman–Crippen LogP) is 2.62. The summed E-state index contributed by atoms with van der Waals surface area (Å²) in [5, 5.41) is 7.39. The predicted molar refractivity (Wildman–Crippen MR) is 62.0 cm³/mol. The van der Waals surface area contributed by atoms with E-state index < -0.39 is 0 Å². The molecular weight excluding hydrogens is 172 g/mol. The second kappa shape index (κ2) is 5.11. The standard InChI is InChI=1S/C12H20N2/c1-4-12-9-14(7-5-10(12)2)8-6-11(3)13/h4,13H,1,5-9H2,2-3H3. The number of hydrogen-bond donors (Lipinski definition) is 1. The van der Waals surface area contributed by atoms with Crippen LogP contribution in [0.15, 0.2) is 23.8 Å². The summed E-state index contributed by atoms with van der Waals surface area (Å²) in [5.74, 6) is 0. The summed E-state index contributed by atoms with van der Waals surface area (Å²) < 4.78 is 0. The molecule has 0 radical (unpaired) electrons. The van der Waals surface area contributed by atoms with Crippen LogP contribution in [0.3, 0.4) is 0 Å². The van der Waals surface area contributed by atoms with Crippen molar-refractivity contribution in [1.82, 2.24) is 4.90 Å². The summed E-state index contributed by atoms with van der Waals surface area (Å²) >= 11 is 0. The zero-order valence-corrected chi connectivity index (χ0v) is 9.27. The third-order valence-corrected chi connectivity index (χ3v) is 2.79. The summed E-state index contributed by atoms with van der Waals surface area (Å²) in [6.45, 7) is 11.1. The van der Waals surface area contributed by atoms with E-state index in [0.29, 0.717) is 0 Å². The van der Waals surface area contributed by atoms with Crippen molar-refractivity contribution >= 4 is 5.71 Å². The lowest BCUT2D eigenvalue weighted by atomic mass is 10.0. The molecule has 1 aliphatic rings. The first-order chi connectivity index (χ1) is 6.63. The van der Waals surface area contributed by atoms with Crippen LogP contribution in [0.5, 0.6) is 0 Å². The molecule has 0 aromatic heterocycles. The Morgan fingerprint density at radius 3 is 2.93 bits per heavy atom. The number of hydrogen-bond acceptors (Lipinski definition) is 2. The van der Waals surface area contributed by atoms with E-state index in [1.807, 2.05) is 13.0 Å². The average molecular weight is 192 g/mol. The van der Waals surface area contributed by atoms with E-state index in [1.54, 1.807) is 0 Å². The molecule has 1 rings (SSSR count). The van der Waals surface area contributed by atoms with Crippen LogP contribution >= 0.6 is 0 Å². The van der Waals surface area contributed by atoms with E-state index in [0.717, 1.165) is 38.2 Å². The van der Waals surface area contributed by atoms with Crippen molar-refractivity contribution in [3.05, 3.63) is 23.8 Å². The molecule has 0 saturated heterocycles. The van der Waals surface area contributed by atoms with E-state index in [2.05, 4.69) is 18.4 Å². The Morgan fingerprint density at radius 1 is 1.64 bits per heavy atom. The van der Waals surface area contributed by atoms with Crippen LogP contribution in [0.1, 0.15) is 26.7 Å². The monoisotopic (exact) mass is 192 g/mol. The van der Waals surface area contributed by atoms with Gasteiger partial charge in [0.1, 0.15) is 0 Å². The highest BCUT2D eigenvalue weighted by molar-refractivity contribution is 5.78. The smallest absolute Gasteiger partial charge is 0.0233 e. The number of rotatable bonds is 4.